The van der Waals surface area contributed by atoms with Crippen molar-refractivity contribution in [3.05, 3.63) is 17.7 Å². The fourth-order valence-electron chi connectivity index (χ4n) is 2.53. The fourth-order valence-corrected chi connectivity index (χ4v) is 3.67. The van der Waals surface area contributed by atoms with E-state index in [2.05, 4.69) is 9.88 Å². The molecule has 2 aromatic rings. The molecule has 0 radical (unpaired) electrons. The second-order valence-electron chi connectivity index (χ2n) is 4.84. The van der Waals surface area contributed by atoms with Crippen LogP contribution in [0.25, 0.3) is 10.2 Å². The van der Waals surface area contributed by atoms with Gasteiger partial charge in [-0.25, -0.2) is 9.78 Å². The third-order valence-electron chi connectivity index (χ3n) is 3.57. The molecule has 1 aliphatic heterocycles. The Morgan fingerprint density at radius 3 is 2.75 bits per heavy atom. The Morgan fingerprint density at radius 1 is 1.35 bits per heavy atom. The number of hydrogen-bond donors (Lipinski definition) is 1. The number of aromatic carboxylic acids is 1. The maximum Gasteiger partial charge on any atom is 0.337 e. The Labute approximate surface area is 120 Å². The number of carboxylic acids is 1. The Hall–Kier alpha value is -1.82. The maximum absolute atomic E-state index is 11.3. The summed E-state index contributed by atoms with van der Waals surface area (Å²) in [5, 5.41) is 10.2. The smallest absolute Gasteiger partial charge is 0.337 e. The van der Waals surface area contributed by atoms with Crippen molar-refractivity contribution in [3.8, 4) is 5.75 Å². The molecule has 0 atom stereocenters. The summed E-state index contributed by atoms with van der Waals surface area (Å²) in [6.07, 6.45) is 3.59. The van der Waals surface area contributed by atoms with Crippen LogP contribution in [0.1, 0.15) is 29.6 Å². The van der Waals surface area contributed by atoms with Crippen molar-refractivity contribution >= 4 is 32.7 Å². The monoisotopic (exact) mass is 292 g/mol. The van der Waals surface area contributed by atoms with Crippen molar-refractivity contribution in [2.24, 2.45) is 0 Å². The highest BCUT2D eigenvalue weighted by Crippen LogP contribution is 2.37. The summed E-state index contributed by atoms with van der Waals surface area (Å²) in [6, 6.07) is 3.26. The van der Waals surface area contributed by atoms with Gasteiger partial charge in [-0.05, 0) is 31.4 Å². The van der Waals surface area contributed by atoms with Crippen LogP contribution in [-0.4, -0.2) is 36.3 Å². The number of hydrogen-bond acceptors (Lipinski definition) is 5. The first-order chi connectivity index (χ1) is 9.70. The van der Waals surface area contributed by atoms with E-state index >= 15 is 0 Å². The van der Waals surface area contributed by atoms with E-state index in [9.17, 15) is 9.90 Å². The van der Waals surface area contributed by atoms with Gasteiger partial charge in [-0.3, -0.25) is 0 Å². The molecule has 5 nitrogen and oxygen atoms in total. The van der Waals surface area contributed by atoms with Gasteiger partial charge in [-0.2, -0.15) is 0 Å². The lowest BCUT2D eigenvalue weighted by Crippen LogP contribution is -2.29. The molecule has 1 aromatic heterocycles. The van der Waals surface area contributed by atoms with Crippen molar-refractivity contribution in [1.82, 2.24) is 4.98 Å². The van der Waals surface area contributed by atoms with Gasteiger partial charge < -0.3 is 14.7 Å². The van der Waals surface area contributed by atoms with Gasteiger partial charge in [0.05, 0.1) is 17.4 Å². The van der Waals surface area contributed by atoms with Gasteiger partial charge >= 0.3 is 5.97 Å². The fraction of sp³-hybridized carbons (Fsp3) is 0.429. The highest BCUT2D eigenvalue weighted by atomic mass is 32.1. The third kappa shape index (κ3) is 2.20. The molecule has 2 heterocycles. The summed E-state index contributed by atoms with van der Waals surface area (Å²) in [5.74, 6) is -0.295. The van der Waals surface area contributed by atoms with Crippen molar-refractivity contribution < 1.29 is 14.6 Å². The van der Waals surface area contributed by atoms with Crippen LogP contribution in [-0.2, 0) is 0 Å². The molecule has 3 rings (SSSR count). The zero-order chi connectivity index (χ0) is 14.1. The third-order valence-corrected chi connectivity index (χ3v) is 4.72. The van der Waals surface area contributed by atoms with Gasteiger partial charge in [-0.15, -0.1) is 0 Å². The minimum absolute atomic E-state index is 0.293. The van der Waals surface area contributed by atoms with Crippen LogP contribution in [0.3, 0.4) is 0 Å². The molecule has 0 aliphatic carbocycles. The van der Waals surface area contributed by atoms with E-state index in [1.54, 1.807) is 19.2 Å². The molecular weight excluding hydrogens is 276 g/mol. The highest BCUT2D eigenvalue weighted by Gasteiger charge is 2.20. The number of fused-ring (bicyclic) bond motifs is 1. The van der Waals surface area contributed by atoms with Crippen molar-refractivity contribution in [2.75, 3.05) is 25.1 Å². The van der Waals surface area contributed by atoms with Crippen molar-refractivity contribution in [3.63, 3.8) is 0 Å². The predicted molar refractivity (Wildman–Crippen MR) is 79.2 cm³/mol. The summed E-state index contributed by atoms with van der Waals surface area (Å²) in [6.45, 7) is 1.98. The number of methoxy groups -OCH3 is 1. The first-order valence-electron chi connectivity index (χ1n) is 6.66. The lowest BCUT2D eigenvalue weighted by molar-refractivity contribution is 0.0699. The van der Waals surface area contributed by atoms with Crippen LogP contribution >= 0.6 is 11.3 Å². The Kier molecular flexibility index (Phi) is 3.48. The minimum Gasteiger partial charge on any atom is -0.494 e. The molecule has 1 fully saturated rings. The van der Waals surface area contributed by atoms with Crippen LogP contribution in [0.15, 0.2) is 12.1 Å². The van der Waals surface area contributed by atoms with Crippen LogP contribution in [0.5, 0.6) is 5.75 Å². The predicted octanol–water partition coefficient (Wildman–Crippen LogP) is 2.99. The molecule has 0 amide bonds. The SMILES string of the molecule is COc1ccc(C(=O)O)c2sc(N3CCCCC3)nc12. The number of carbonyl (C=O) groups is 1. The number of rotatable bonds is 3. The van der Waals surface area contributed by atoms with Gasteiger partial charge in [0, 0.05) is 13.1 Å². The molecule has 1 aliphatic rings. The topological polar surface area (TPSA) is 62.7 Å². The number of anilines is 1. The van der Waals surface area contributed by atoms with E-state index in [0.717, 1.165) is 18.2 Å². The van der Waals surface area contributed by atoms with Gasteiger partial charge in [0.15, 0.2) is 5.13 Å². The molecule has 20 heavy (non-hydrogen) atoms. The summed E-state index contributed by atoms with van der Waals surface area (Å²) in [5.41, 5.74) is 0.944. The van der Waals surface area contributed by atoms with E-state index < -0.39 is 5.97 Å². The quantitative estimate of drug-likeness (QED) is 0.942. The minimum atomic E-state index is -0.925. The second kappa shape index (κ2) is 5.28. The lowest BCUT2D eigenvalue weighted by atomic mass is 10.1. The van der Waals surface area contributed by atoms with Crippen LogP contribution < -0.4 is 9.64 Å². The molecule has 0 saturated carbocycles. The molecule has 0 bridgehead atoms. The van der Waals surface area contributed by atoms with E-state index in [-0.39, 0.29) is 0 Å². The Bertz CT molecular complexity index is 647. The van der Waals surface area contributed by atoms with Crippen molar-refractivity contribution in [1.29, 1.82) is 0 Å². The van der Waals surface area contributed by atoms with E-state index in [1.807, 2.05) is 0 Å². The number of aromatic nitrogens is 1. The normalized spacial score (nSPS) is 15.6. The molecule has 0 spiro atoms. The number of nitrogens with zero attached hydrogens (tertiary/aromatic N) is 2. The molecule has 6 heteroatoms. The van der Waals surface area contributed by atoms with Crippen LogP contribution in [0.2, 0.25) is 0 Å². The zero-order valence-electron chi connectivity index (χ0n) is 11.3. The number of thiazole rings is 1. The first kappa shape index (κ1) is 13.2. The standard InChI is InChI=1S/C14H16N2O3S/c1-19-10-6-5-9(13(17)18)12-11(10)15-14(20-12)16-7-3-2-4-8-16/h5-6H,2-4,7-8H2,1H3,(H,17,18). The molecule has 1 saturated heterocycles. The van der Waals surface area contributed by atoms with Crippen LogP contribution in [0.4, 0.5) is 5.13 Å². The summed E-state index contributed by atoms with van der Waals surface area (Å²) < 4.78 is 5.99. The Balaban J connectivity index is 2.12. The zero-order valence-corrected chi connectivity index (χ0v) is 12.1. The van der Waals surface area contributed by atoms with E-state index in [0.29, 0.717) is 21.5 Å². The molecule has 1 aromatic carbocycles. The van der Waals surface area contributed by atoms with Gasteiger partial charge in [0.2, 0.25) is 0 Å². The first-order valence-corrected chi connectivity index (χ1v) is 7.48. The van der Waals surface area contributed by atoms with E-state index in [1.165, 1.54) is 30.6 Å². The summed E-state index contributed by atoms with van der Waals surface area (Å²) in [4.78, 5) is 18.2. The second-order valence-corrected chi connectivity index (χ2v) is 5.82. The van der Waals surface area contributed by atoms with Gasteiger partial charge in [0.25, 0.3) is 0 Å². The molecular formula is C14H16N2O3S. The molecule has 106 valence electrons. The molecule has 1 N–H and O–H groups in total. The summed E-state index contributed by atoms with van der Waals surface area (Å²) >= 11 is 1.44. The van der Waals surface area contributed by atoms with Crippen LogP contribution in [0, 0.1) is 0 Å². The average Bonchev–Trinajstić information content (AvgIpc) is 2.91. The van der Waals surface area contributed by atoms with Crippen molar-refractivity contribution in [2.45, 2.75) is 19.3 Å². The number of benzene rings is 1. The number of carboxylic acid groups (broad SMARTS) is 1. The van der Waals surface area contributed by atoms with Gasteiger partial charge in [-0.1, -0.05) is 11.3 Å². The summed E-state index contributed by atoms with van der Waals surface area (Å²) in [7, 11) is 1.58. The number of piperidine rings is 1. The Morgan fingerprint density at radius 2 is 2.10 bits per heavy atom. The van der Waals surface area contributed by atoms with E-state index in [4.69, 9.17) is 4.74 Å². The lowest BCUT2D eigenvalue weighted by Gasteiger charge is -2.25. The molecule has 0 unspecified atom stereocenters. The number of ether oxygens (including phenoxy) is 1. The van der Waals surface area contributed by atoms with Gasteiger partial charge in [0.1, 0.15) is 11.3 Å². The largest absolute Gasteiger partial charge is 0.494 e. The maximum atomic E-state index is 11.3. The average molecular weight is 292 g/mol. The highest BCUT2D eigenvalue weighted by molar-refractivity contribution is 7.22.